The second-order valence-electron chi connectivity index (χ2n) is 3.90. The molecular formula is C12H15NO2. The van der Waals surface area contributed by atoms with Gasteiger partial charge in [-0.2, -0.15) is 0 Å². The molecule has 0 atom stereocenters. The number of isocyanates is 1. The van der Waals surface area contributed by atoms with E-state index in [0.29, 0.717) is 11.5 Å². The molecule has 0 radical (unpaired) electrons. The summed E-state index contributed by atoms with van der Waals surface area (Å²) in [7, 11) is 0. The average molecular weight is 205 g/mol. The van der Waals surface area contributed by atoms with Crippen LogP contribution in [0.2, 0.25) is 0 Å². The predicted molar refractivity (Wildman–Crippen MR) is 58.8 cm³/mol. The Bertz CT molecular complexity index is 404. The van der Waals surface area contributed by atoms with Gasteiger partial charge in [0.2, 0.25) is 6.08 Å². The van der Waals surface area contributed by atoms with Crippen LogP contribution in [0.5, 0.6) is 5.75 Å². The minimum atomic E-state index is 0.190. The van der Waals surface area contributed by atoms with E-state index in [1.165, 1.54) is 11.6 Å². The van der Waals surface area contributed by atoms with E-state index in [2.05, 4.69) is 18.8 Å². The average Bonchev–Trinajstić information content (AvgIpc) is 2.16. The van der Waals surface area contributed by atoms with Gasteiger partial charge >= 0.3 is 0 Å². The predicted octanol–water partition coefficient (Wildman–Crippen LogP) is 2.66. The van der Waals surface area contributed by atoms with Crippen molar-refractivity contribution >= 4 is 6.08 Å². The molecule has 15 heavy (non-hydrogen) atoms. The Hall–Kier alpha value is -1.60. The number of phenolic OH excluding ortho intramolecular Hbond substituents is 1. The topological polar surface area (TPSA) is 49.7 Å². The molecule has 80 valence electrons. The van der Waals surface area contributed by atoms with Crippen molar-refractivity contribution in [2.45, 2.75) is 33.2 Å². The zero-order valence-electron chi connectivity index (χ0n) is 9.24. The molecule has 0 aliphatic rings. The van der Waals surface area contributed by atoms with E-state index >= 15 is 0 Å². The number of phenols is 1. The molecule has 3 nitrogen and oxygen atoms in total. The van der Waals surface area contributed by atoms with Gasteiger partial charge in [0.05, 0.1) is 6.54 Å². The second-order valence-corrected chi connectivity index (χ2v) is 3.90. The van der Waals surface area contributed by atoms with Crippen LogP contribution in [0.3, 0.4) is 0 Å². The molecule has 0 amide bonds. The van der Waals surface area contributed by atoms with E-state index in [1.54, 1.807) is 6.07 Å². The summed E-state index contributed by atoms with van der Waals surface area (Å²) in [6, 6.07) is 3.61. The fourth-order valence-corrected chi connectivity index (χ4v) is 1.62. The molecule has 0 spiro atoms. The smallest absolute Gasteiger partial charge is 0.235 e. The molecule has 0 aromatic heterocycles. The first-order valence-corrected chi connectivity index (χ1v) is 4.92. The van der Waals surface area contributed by atoms with Crippen molar-refractivity contribution in [3.05, 3.63) is 28.8 Å². The SMILES string of the molecule is Cc1cc(O)c(CN=C=O)cc1C(C)C. The van der Waals surface area contributed by atoms with Gasteiger partial charge in [-0.05, 0) is 36.1 Å². The minimum Gasteiger partial charge on any atom is -0.508 e. The van der Waals surface area contributed by atoms with Crippen molar-refractivity contribution in [3.63, 3.8) is 0 Å². The van der Waals surface area contributed by atoms with Crippen LogP contribution in [0.4, 0.5) is 0 Å². The van der Waals surface area contributed by atoms with Gasteiger partial charge in [0, 0.05) is 5.56 Å². The van der Waals surface area contributed by atoms with Crippen molar-refractivity contribution in [2.75, 3.05) is 0 Å². The lowest BCUT2D eigenvalue weighted by molar-refractivity contribution is 0.467. The van der Waals surface area contributed by atoms with E-state index in [0.717, 1.165) is 5.56 Å². The molecule has 0 aliphatic carbocycles. The van der Waals surface area contributed by atoms with Crippen LogP contribution in [0.1, 0.15) is 36.5 Å². The number of rotatable bonds is 3. The first kappa shape index (κ1) is 11.5. The van der Waals surface area contributed by atoms with Gasteiger partial charge in [-0.1, -0.05) is 13.8 Å². The van der Waals surface area contributed by atoms with Crippen molar-refractivity contribution < 1.29 is 9.90 Å². The zero-order valence-corrected chi connectivity index (χ0v) is 9.24. The van der Waals surface area contributed by atoms with Crippen LogP contribution < -0.4 is 0 Å². The lowest BCUT2D eigenvalue weighted by Crippen LogP contribution is -1.95. The van der Waals surface area contributed by atoms with Gasteiger partial charge < -0.3 is 5.11 Å². The molecule has 0 saturated heterocycles. The highest BCUT2D eigenvalue weighted by atomic mass is 16.3. The molecule has 1 N–H and O–H groups in total. The largest absolute Gasteiger partial charge is 0.508 e. The summed E-state index contributed by atoms with van der Waals surface area (Å²) in [6.07, 6.45) is 1.47. The Labute approximate surface area is 89.5 Å². The molecule has 0 aliphatic heterocycles. The third kappa shape index (κ3) is 2.67. The molecule has 1 aromatic carbocycles. The standard InChI is InChI=1S/C12H15NO2/c1-8(2)11-5-10(6-13-7-14)12(15)4-9(11)3/h4-5,8,15H,6H2,1-3H3. The van der Waals surface area contributed by atoms with Crippen LogP contribution in [0, 0.1) is 6.92 Å². The lowest BCUT2D eigenvalue weighted by Gasteiger charge is -2.12. The molecule has 1 aromatic rings. The molecular weight excluding hydrogens is 190 g/mol. The van der Waals surface area contributed by atoms with E-state index in [4.69, 9.17) is 0 Å². The summed E-state index contributed by atoms with van der Waals surface area (Å²) in [5.41, 5.74) is 2.90. The molecule has 0 unspecified atom stereocenters. The van der Waals surface area contributed by atoms with E-state index in [1.807, 2.05) is 13.0 Å². The highest BCUT2D eigenvalue weighted by molar-refractivity contribution is 5.43. The zero-order chi connectivity index (χ0) is 11.4. The molecule has 0 saturated carbocycles. The van der Waals surface area contributed by atoms with Crippen LogP contribution in [-0.2, 0) is 11.3 Å². The first-order valence-electron chi connectivity index (χ1n) is 4.92. The summed E-state index contributed by atoms with van der Waals surface area (Å²) in [4.78, 5) is 13.5. The number of aliphatic imine (C=N–C) groups is 1. The Kier molecular flexibility index (Phi) is 3.64. The molecule has 1 rings (SSSR count). The quantitative estimate of drug-likeness (QED) is 0.609. The maximum atomic E-state index is 10.0. The number of benzene rings is 1. The number of hydrogen-bond acceptors (Lipinski definition) is 3. The van der Waals surface area contributed by atoms with E-state index < -0.39 is 0 Å². The van der Waals surface area contributed by atoms with Crippen molar-refractivity contribution in [2.24, 2.45) is 4.99 Å². The summed E-state index contributed by atoms with van der Waals surface area (Å²) in [5.74, 6) is 0.584. The molecule has 0 bridgehead atoms. The Balaban J connectivity index is 3.16. The Morgan fingerprint density at radius 2 is 2.13 bits per heavy atom. The second kappa shape index (κ2) is 4.76. The van der Waals surface area contributed by atoms with Gasteiger partial charge in [-0.25, -0.2) is 9.79 Å². The van der Waals surface area contributed by atoms with Crippen LogP contribution in [-0.4, -0.2) is 11.2 Å². The van der Waals surface area contributed by atoms with Gasteiger partial charge in [-0.15, -0.1) is 0 Å². The van der Waals surface area contributed by atoms with Gasteiger partial charge in [-0.3, -0.25) is 0 Å². The lowest BCUT2D eigenvalue weighted by atomic mass is 9.95. The van der Waals surface area contributed by atoms with Crippen LogP contribution in [0.15, 0.2) is 17.1 Å². The highest BCUT2D eigenvalue weighted by Crippen LogP contribution is 2.27. The van der Waals surface area contributed by atoms with E-state index in [9.17, 15) is 9.90 Å². The fraction of sp³-hybridized carbons (Fsp3) is 0.417. The first-order chi connectivity index (χ1) is 7.06. The summed E-state index contributed by atoms with van der Waals surface area (Å²) >= 11 is 0. The number of carbonyl (C=O) groups excluding carboxylic acids is 1. The van der Waals surface area contributed by atoms with Crippen molar-refractivity contribution in [1.82, 2.24) is 0 Å². The van der Waals surface area contributed by atoms with Crippen molar-refractivity contribution in [1.29, 1.82) is 0 Å². The highest BCUT2D eigenvalue weighted by Gasteiger charge is 2.08. The third-order valence-electron chi connectivity index (χ3n) is 2.40. The summed E-state index contributed by atoms with van der Waals surface area (Å²) in [5, 5.41) is 9.63. The number of aromatic hydroxyl groups is 1. The third-order valence-corrected chi connectivity index (χ3v) is 2.40. The van der Waals surface area contributed by atoms with Crippen molar-refractivity contribution in [3.8, 4) is 5.75 Å². The summed E-state index contributed by atoms with van der Waals surface area (Å²) < 4.78 is 0. The molecule has 0 heterocycles. The van der Waals surface area contributed by atoms with Crippen LogP contribution in [0.25, 0.3) is 0 Å². The fourth-order valence-electron chi connectivity index (χ4n) is 1.62. The molecule has 3 heteroatoms. The maximum absolute atomic E-state index is 10.0. The van der Waals surface area contributed by atoms with Crippen LogP contribution >= 0.6 is 0 Å². The minimum absolute atomic E-state index is 0.190. The monoisotopic (exact) mass is 205 g/mol. The number of aryl methyl sites for hydroxylation is 1. The van der Waals surface area contributed by atoms with Gasteiger partial charge in [0.1, 0.15) is 5.75 Å². The van der Waals surface area contributed by atoms with Gasteiger partial charge in [0.15, 0.2) is 0 Å². The summed E-state index contributed by atoms with van der Waals surface area (Å²) in [6.45, 7) is 6.33. The van der Waals surface area contributed by atoms with E-state index in [-0.39, 0.29) is 12.3 Å². The number of nitrogens with zero attached hydrogens (tertiary/aromatic N) is 1. The van der Waals surface area contributed by atoms with Gasteiger partial charge in [0.25, 0.3) is 0 Å². The normalized spacial score (nSPS) is 10.1. The Morgan fingerprint density at radius 1 is 1.47 bits per heavy atom. The number of hydrogen-bond donors (Lipinski definition) is 1. The Morgan fingerprint density at radius 3 is 2.67 bits per heavy atom. The maximum Gasteiger partial charge on any atom is 0.235 e. The molecule has 0 fully saturated rings.